The monoisotopic (exact) mass is 320 g/mol. The summed E-state index contributed by atoms with van der Waals surface area (Å²) in [6.45, 7) is 2.34. The Labute approximate surface area is 131 Å². The molecule has 2 aromatic rings. The van der Waals surface area contributed by atoms with E-state index < -0.39 is 0 Å². The van der Waals surface area contributed by atoms with Crippen molar-refractivity contribution in [1.82, 2.24) is 9.78 Å². The molecule has 8 heteroatoms. The molecule has 3 rings (SSSR count). The van der Waals surface area contributed by atoms with Crippen molar-refractivity contribution >= 4 is 28.6 Å². The third kappa shape index (κ3) is 2.88. The molecule has 0 unspecified atom stereocenters. The van der Waals surface area contributed by atoms with E-state index >= 15 is 0 Å². The molecule has 7 nitrogen and oxygen atoms in total. The molecule has 0 saturated carbocycles. The number of morpholine rings is 1. The number of carbonyl (C=O) groups is 1. The Morgan fingerprint density at radius 3 is 2.86 bits per heavy atom. The van der Waals surface area contributed by atoms with Crippen LogP contribution in [0.2, 0.25) is 0 Å². The van der Waals surface area contributed by atoms with Crippen LogP contribution in [0.5, 0.6) is 0 Å². The standard InChI is InChI=1S/C14H16N4O3S/c1-17-14(20)12(18-4-6-21-7-5-18)10(9-15-17)16-13(19)11-3-2-8-22-11/h2-3,8-9H,4-7H2,1H3,(H,16,19). The number of ether oxygens (including phenoxy) is 1. The highest BCUT2D eigenvalue weighted by Gasteiger charge is 2.21. The Bertz CT molecular complexity index is 720. The van der Waals surface area contributed by atoms with Crippen LogP contribution < -0.4 is 15.8 Å². The van der Waals surface area contributed by atoms with Gasteiger partial charge >= 0.3 is 0 Å². The molecule has 3 heterocycles. The van der Waals surface area contributed by atoms with Gasteiger partial charge < -0.3 is 15.0 Å². The van der Waals surface area contributed by atoms with Gasteiger partial charge in [-0.05, 0) is 11.4 Å². The molecular formula is C14H16N4O3S. The second kappa shape index (κ2) is 6.29. The molecule has 2 aromatic heterocycles. The predicted octanol–water partition coefficient (Wildman–Crippen LogP) is 0.931. The number of carbonyl (C=O) groups excluding carboxylic acids is 1. The normalized spacial score (nSPS) is 14.9. The van der Waals surface area contributed by atoms with E-state index in [0.29, 0.717) is 42.6 Å². The van der Waals surface area contributed by atoms with Gasteiger partial charge in [0.2, 0.25) is 0 Å². The fourth-order valence-electron chi connectivity index (χ4n) is 2.30. The number of rotatable bonds is 3. The first-order chi connectivity index (χ1) is 10.7. The summed E-state index contributed by atoms with van der Waals surface area (Å²) in [6, 6.07) is 3.55. The molecule has 0 radical (unpaired) electrons. The minimum absolute atomic E-state index is 0.231. The van der Waals surface area contributed by atoms with Crippen molar-refractivity contribution in [2.75, 3.05) is 36.5 Å². The van der Waals surface area contributed by atoms with E-state index in [-0.39, 0.29) is 11.5 Å². The smallest absolute Gasteiger partial charge is 0.292 e. The largest absolute Gasteiger partial charge is 0.378 e. The molecule has 0 aromatic carbocycles. The Balaban J connectivity index is 1.94. The van der Waals surface area contributed by atoms with E-state index in [1.165, 1.54) is 22.2 Å². The van der Waals surface area contributed by atoms with E-state index in [9.17, 15) is 9.59 Å². The number of nitrogens with one attached hydrogen (secondary N) is 1. The lowest BCUT2D eigenvalue weighted by atomic mass is 10.3. The number of nitrogens with zero attached hydrogens (tertiary/aromatic N) is 3. The van der Waals surface area contributed by atoms with Gasteiger partial charge in [0.05, 0.1) is 30.0 Å². The lowest BCUT2D eigenvalue weighted by Gasteiger charge is -2.29. The fourth-order valence-corrected chi connectivity index (χ4v) is 2.92. The van der Waals surface area contributed by atoms with Crippen LogP contribution >= 0.6 is 11.3 Å². The van der Waals surface area contributed by atoms with Crippen molar-refractivity contribution in [1.29, 1.82) is 0 Å². The molecular weight excluding hydrogens is 304 g/mol. The van der Waals surface area contributed by atoms with Crippen molar-refractivity contribution < 1.29 is 9.53 Å². The van der Waals surface area contributed by atoms with Crippen LogP contribution in [0.4, 0.5) is 11.4 Å². The molecule has 1 aliphatic rings. The van der Waals surface area contributed by atoms with Crippen molar-refractivity contribution in [3.05, 3.63) is 38.9 Å². The highest BCUT2D eigenvalue weighted by atomic mass is 32.1. The predicted molar refractivity (Wildman–Crippen MR) is 84.8 cm³/mol. The number of anilines is 2. The number of hydrogen-bond donors (Lipinski definition) is 1. The van der Waals surface area contributed by atoms with Gasteiger partial charge in [-0.3, -0.25) is 9.59 Å². The van der Waals surface area contributed by atoms with Crippen LogP contribution in [0.15, 0.2) is 28.5 Å². The maximum atomic E-state index is 12.4. The van der Waals surface area contributed by atoms with Gasteiger partial charge in [-0.25, -0.2) is 4.68 Å². The van der Waals surface area contributed by atoms with Gasteiger partial charge in [0.15, 0.2) is 0 Å². The van der Waals surface area contributed by atoms with Gasteiger partial charge in [-0.2, -0.15) is 5.10 Å². The molecule has 0 aliphatic carbocycles. The Kier molecular flexibility index (Phi) is 4.21. The van der Waals surface area contributed by atoms with Crippen LogP contribution in [0.25, 0.3) is 0 Å². The number of thiophene rings is 1. The first-order valence-corrected chi connectivity index (χ1v) is 7.78. The van der Waals surface area contributed by atoms with E-state index in [4.69, 9.17) is 4.74 Å². The van der Waals surface area contributed by atoms with Crippen LogP contribution in [-0.4, -0.2) is 42.0 Å². The number of hydrogen-bond acceptors (Lipinski definition) is 6. The first kappa shape index (κ1) is 14.7. The SMILES string of the molecule is Cn1ncc(NC(=O)c2cccs2)c(N2CCOCC2)c1=O. The average Bonchev–Trinajstić information content (AvgIpc) is 3.06. The molecule has 0 spiro atoms. The van der Waals surface area contributed by atoms with Gasteiger partial charge in [0.1, 0.15) is 5.69 Å². The van der Waals surface area contributed by atoms with Gasteiger partial charge in [-0.15, -0.1) is 11.3 Å². The second-order valence-corrected chi connectivity index (χ2v) is 5.81. The minimum atomic E-state index is -0.237. The molecule has 1 amide bonds. The third-order valence-corrected chi connectivity index (χ3v) is 4.30. The van der Waals surface area contributed by atoms with E-state index in [1.807, 2.05) is 16.3 Å². The second-order valence-electron chi connectivity index (χ2n) is 4.87. The summed E-state index contributed by atoms with van der Waals surface area (Å²) in [5, 5.41) is 8.63. The molecule has 0 atom stereocenters. The third-order valence-electron chi connectivity index (χ3n) is 3.43. The highest BCUT2D eigenvalue weighted by Crippen LogP contribution is 2.22. The summed E-state index contributed by atoms with van der Waals surface area (Å²) in [7, 11) is 1.59. The fraction of sp³-hybridized carbons (Fsp3) is 0.357. The van der Waals surface area contributed by atoms with E-state index in [0.717, 1.165) is 0 Å². The Hall–Kier alpha value is -2.19. The molecule has 116 valence electrons. The van der Waals surface area contributed by atoms with Gasteiger partial charge in [-0.1, -0.05) is 6.07 Å². The zero-order valence-electron chi connectivity index (χ0n) is 12.1. The van der Waals surface area contributed by atoms with E-state index in [2.05, 4.69) is 10.4 Å². The molecule has 0 bridgehead atoms. The van der Waals surface area contributed by atoms with Crippen molar-refractivity contribution in [3.8, 4) is 0 Å². The van der Waals surface area contributed by atoms with Crippen LogP contribution in [0.1, 0.15) is 9.67 Å². The zero-order chi connectivity index (χ0) is 15.5. The summed E-state index contributed by atoms with van der Waals surface area (Å²) in [5.74, 6) is -0.237. The molecule has 1 aliphatic heterocycles. The summed E-state index contributed by atoms with van der Waals surface area (Å²) < 4.78 is 6.59. The number of amides is 1. The van der Waals surface area contributed by atoms with Crippen molar-refractivity contribution in [3.63, 3.8) is 0 Å². The van der Waals surface area contributed by atoms with Crippen LogP contribution in [-0.2, 0) is 11.8 Å². The minimum Gasteiger partial charge on any atom is -0.378 e. The van der Waals surface area contributed by atoms with Crippen LogP contribution in [0, 0.1) is 0 Å². The topological polar surface area (TPSA) is 76.5 Å². The van der Waals surface area contributed by atoms with E-state index in [1.54, 1.807) is 13.1 Å². The summed E-state index contributed by atoms with van der Waals surface area (Å²) in [5.41, 5.74) is 0.667. The van der Waals surface area contributed by atoms with Crippen LogP contribution in [0.3, 0.4) is 0 Å². The molecule has 22 heavy (non-hydrogen) atoms. The Morgan fingerprint density at radius 2 is 2.18 bits per heavy atom. The number of aromatic nitrogens is 2. The maximum absolute atomic E-state index is 12.4. The highest BCUT2D eigenvalue weighted by molar-refractivity contribution is 7.12. The Morgan fingerprint density at radius 1 is 1.41 bits per heavy atom. The lowest BCUT2D eigenvalue weighted by Crippen LogP contribution is -2.41. The average molecular weight is 320 g/mol. The quantitative estimate of drug-likeness (QED) is 0.910. The summed E-state index contributed by atoms with van der Waals surface area (Å²) in [6.07, 6.45) is 1.51. The van der Waals surface area contributed by atoms with Gasteiger partial charge in [0, 0.05) is 20.1 Å². The molecule has 1 N–H and O–H groups in total. The molecule has 1 fully saturated rings. The lowest BCUT2D eigenvalue weighted by molar-refractivity contribution is 0.103. The van der Waals surface area contributed by atoms with Crippen molar-refractivity contribution in [2.45, 2.75) is 0 Å². The first-order valence-electron chi connectivity index (χ1n) is 6.90. The summed E-state index contributed by atoms with van der Waals surface area (Å²) in [4.78, 5) is 27.2. The van der Waals surface area contributed by atoms with Crippen molar-refractivity contribution in [2.24, 2.45) is 7.05 Å². The summed E-state index contributed by atoms with van der Waals surface area (Å²) >= 11 is 1.35. The zero-order valence-corrected chi connectivity index (χ0v) is 12.9. The molecule has 1 saturated heterocycles. The maximum Gasteiger partial charge on any atom is 0.292 e. The van der Waals surface area contributed by atoms with Gasteiger partial charge in [0.25, 0.3) is 11.5 Å². The number of aryl methyl sites for hydroxylation is 1.